The van der Waals surface area contributed by atoms with Crippen LogP contribution in [0.4, 0.5) is 0 Å². The summed E-state index contributed by atoms with van der Waals surface area (Å²) in [5.41, 5.74) is 8.13. The lowest BCUT2D eigenvalue weighted by atomic mass is 9.75. The van der Waals surface area contributed by atoms with Crippen molar-refractivity contribution < 1.29 is 9.15 Å². The first-order valence-corrected chi connectivity index (χ1v) is 6.26. The summed E-state index contributed by atoms with van der Waals surface area (Å²) in [5, 5.41) is 3.29. The zero-order valence-corrected chi connectivity index (χ0v) is 10.7. The number of benzene rings is 1. The lowest BCUT2D eigenvalue weighted by molar-refractivity contribution is -0.126. The van der Waals surface area contributed by atoms with E-state index in [9.17, 15) is 4.79 Å². The molecule has 0 aliphatic carbocycles. The van der Waals surface area contributed by atoms with Gasteiger partial charge < -0.3 is 20.2 Å². The maximum atomic E-state index is 11.2. The summed E-state index contributed by atoms with van der Waals surface area (Å²) in [5.74, 6) is -0.436. The lowest BCUT2D eigenvalue weighted by Gasteiger charge is -2.46. The predicted octanol–water partition coefficient (Wildman–Crippen LogP) is 0.357. The van der Waals surface area contributed by atoms with Crippen molar-refractivity contribution in [1.82, 2.24) is 10.3 Å². The van der Waals surface area contributed by atoms with Crippen molar-refractivity contribution in [1.29, 1.82) is 0 Å². The van der Waals surface area contributed by atoms with Gasteiger partial charge >= 0.3 is 5.76 Å². The fourth-order valence-electron chi connectivity index (χ4n) is 2.73. The molecule has 1 saturated heterocycles. The van der Waals surface area contributed by atoms with Gasteiger partial charge in [0.25, 0.3) is 0 Å². The minimum absolute atomic E-state index is 0.0795. The number of fused-ring (bicyclic) bond motifs is 1. The number of H-pyrrole nitrogens is 1. The first-order valence-electron chi connectivity index (χ1n) is 6.26. The quantitative estimate of drug-likeness (QED) is 0.740. The van der Waals surface area contributed by atoms with Gasteiger partial charge in [-0.05, 0) is 24.7 Å². The minimum Gasteiger partial charge on any atom is -0.408 e. The van der Waals surface area contributed by atoms with E-state index in [2.05, 4.69) is 10.3 Å². The monoisotopic (exact) mass is 263 g/mol. The van der Waals surface area contributed by atoms with E-state index in [1.165, 1.54) is 0 Å². The zero-order chi connectivity index (χ0) is 13.5. The van der Waals surface area contributed by atoms with Crippen LogP contribution in [0.25, 0.3) is 11.1 Å². The minimum atomic E-state index is -0.436. The first-order chi connectivity index (χ1) is 9.18. The van der Waals surface area contributed by atoms with Crippen LogP contribution in [-0.2, 0) is 4.74 Å². The molecular formula is C13H17N3O3. The molecule has 1 fully saturated rings. The second-order valence-electron chi connectivity index (χ2n) is 5.05. The van der Waals surface area contributed by atoms with Crippen molar-refractivity contribution in [3.63, 3.8) is 0 Å². The van der Waals surface area contributed by atoms with Crippen molar-refractivity contribution in [2.45, 2.75) is 6.04 Å². The van der Waals surface area contributed by atoms with Crippen LogP contribution in [0.2, 0.25) is 0 Å². The van der Waals surface area contributed by atoms with Crippen LogP contribution in [-0.4, -0.2) is 31.8 Å². The van der Waals surface area contributed by atoms with Gasteiger partial charge in [0.2, 0.25) is 0 Å². The number of ether oxygens (including phenoxy) is 1. The van der Waals surface area contributed by atoms with Crippen LogP contribution in [0.5, 0.6) is 0 Å². The Morgan fingerprint density at radius 2 is 2.32 bits per heavy atom. The number of hydrogen-bond donors (Lipinski definition) is 3. The van der Waals surface area contributed by atoms with E-state index in [0.717, 1.165) is 5.56 Å². The van der Waals surface area contributed by atoms with Crippen LogP contribution in [0.15, 0.2) is 27.4 Å². The first kappa shape index (κ1) is 12.4. The van der Waals surface area contributed by atoms with E-state index in [0.29, 0.717) is 30.9 Å². The molecule has 19 heavy (non-hydrogen) atoms. The van der Waals surface area contributed by atoms with Crippen LogP contribution in [0.3, 0.4) is 0 Å². The average Bonchev–Trinajstić information content (AvgIpc) is 2.72. The highest BCUT2D eigenvalue weighted by Crippen LogP contribution is 2.40. The molecule has 4 N–H and O–H groups in total. The Morgan fingerprint density at radius 1 is 1.53 bits per heavy atom. The maximum absolute atomic E-state index is 11.2. The molecule has 0 amide bonds. The van der Waals surface area contributed by atoms with E-state index in [1.54, 1.807) is 0 Å². The third-order valence-electron chi connectivity index (χ3n) is 3.87. The van der Waals surface area contributed by atoms with E-state index in [-0.39, 0.29) is 11.5 Å². The van der Waals surface area contributed by atoms with Crippen molar-refractivity contribution in [2.24, 2.45) is 11.1 Å². The number of oxazole rings is 1. The molecule has 3 rings (SSSR count). The standard InChI is InChI=1S/C13H17N3O3/c1-15-11(13(5-14)6-18-7-13)8-2-3-9-10(4-8)19-12(17)16-9/h2-4,11,15H,5-7,14H2,1H3,(H,16,17). The number of aromatic nitrogens is 1. The van der Waals surface area contributed by atoms with Gasteiger partial charge in [-0.2, -0.15) is 0 Å². The predicted molar refractivity (Wildman–Crippen MR) is 70.9 cm³/mol. The maximum Gasteiger partial charge on any atom is 0.417 e. The fourth-order valence-corrected chi connectivity index (χ4v) is 2.73. The molecule has 0 radical (unpaired) electrons. The highest BCUT2D eigenvalue weighted by atomic mass is 16.5. The molecule has 0 saturated carbocycles. The van der Waals surface area contributed by atoms with Crippen LogP contribution < -0.4 is 16.8 Å². The van der Waals surface area contributed by atoms with Gasteiger partial charge in [-0.25, -0.2) is 4.79 Å². The second kappa shape index (κ2) is 4.48. The highest BCUT2D eigenvalue weighted by molar-refractivity contribution is 5.73. The van der Waals surface area contributed by atoms with Gasteiger partial charge in [0.15, 0.2) is 5.58 Å². The van der Waals surface area contributed by atoms with E-state index in [4.69, 9.17) is 14.9 Å². The number of nitrogens with two attached hydrogens (primary N) is 1. The van der Waals surface area contributed by atoms with Crippen LogP contribution in [0.1, 0.15) is 11.6 Å². The molecule has 102 valence electrons. The molecule has 0 spiro atoms. The number of nitrogens with one attached hydrogen (secondary N) is 2. The van der Waals surface area contributed by atoms with Crippen LogP contribution in [0, 0.1) is 5.41 Å². The Morgan fingerprint density at radius 3 is 2.89 bits per heavy atom. The molecule has 2 heterocycles. The Labute approximate surface area is 109 Å². The van der Waals surface area contributed by atoms with Crippen LogP contribution >= 0.6 is 0 Å². The molecule has 1 aromatic carbocycles. The summed E-state index contributed by atoms with van der Waals surface area (Å²) in [7, 11) is 1.90. The van der Waals surface area contributed by atoms with Crippen molar-refractivity contribution in [3.8, 4) is 0 Å². The average molecular weight is 263 g/mol. The Bertz CT molecular complexity index is 636. The third-order valence-corrected chi connectivity index (χ3v) is 3.87. The normalized spacial score (nSPS) is 19.3. The zero-order valence-electron chi connectivity index (χ0n) is 10.7. The van der Waals surface area contributed by atoms with E-state index < -0.39 is 5.76 Å². The van der Waals surface area contributed by atoms with Crippen molar-refractivity contribution >= 4 is 11.1 Å². The second-order valence-corrected chi connectivity index (χ2v) is 5.05. The summed E-state index contributed by atoms with van der Waals surface area (Å²) >= 11 is 0. The molecule has 1 atom stereocenters. The largest absolute Gasteiger partial charge is 0.417 e. The Balaban J connectivity index is 2.03. The third kappa shape index (κ3) is 1.88. The van der Waals surface area contributed by atoms with Gasteiger partial charge in [0, 0.05) is 18.0 Å². The van der Waals surface area contributed by atoms with Crippen molar-refractivity contribution in [2.75, 3.05) is 26.8 Å². The molecule has 1 aromatic heterocycles. The summed E-state index contributed by atoms with van der Waals surface area (Å²) in [4.78, 5) is 13.8. The molecule has 6 heteroatoms. The number of hydrogen-bond acceptors (Lipinski definition) is 5. The summed E-state index contributed by atoms with van der Waals surface area (Å²) < 4.78 is 10.4. The number of aromatic amines is 1. The molecule has 2 aromatic rings. The van der Waals surface area contributed by atoms with Gasteiger partial charge in [-0.3, -0.25) is 4.98 Å². The number of rotatable bonds is 4. The molecule has 1 unspecified atom stereocenters. The topological polar surface area (TPSA) is 93.3 Å². The Kier molecular flexibility index (Phi) is 2.93. The van der Waals surface area contributed by atoms with Gasteiger partial charge in [0.1, 0.15) is 0 Å². The lowest BCUT2D eigenvalue weighted by Crippen LogP contribution is -2.55. The molecular weight excluding hydrogens is 246 g/mol. The molecule has 6 nitrogen and oxygen atoms in total. The summed E-state index contributed by atoms with van der Waals surface area (Å²) in [6.45, 7) is 1.84. The fraction of sp³-hybridized carbons (Fsp3) is 0.462. The van der Waals surface area contributed by atoms with Gasteiger partial charge in [0.05, 0.1) is 18.7 Å². The van der Waals surface area contributed by atoms with Crippen molar-refractivity contribution in [3.05, 3.63) is 34.3 Å². The Hall–Kier alpha value is -1.63. The van der Waals surface area contributed by atoms with E-state index >= 15 is 0 Å². The SMILES string of the molecule is CNC(c1ccc2[nH]c(=O)oc2c1)C1(CN)COC1. The highest BCUT2D eigenvalue weighted by Gasteiger charge is 2.44. The summed E-state index contributed by atoms with van der Waals surface area (Å²) in [6.07, 6.45) is 0. The molecule has 1 aliphatic heterocycles. The van der Waals surface area contributed by atoms with Gasteiger partial charge in [-0.15, -0.1) is 0 Å². The van der Waals surface area contributed by atoms with E-state index in [1.807, 2.05) is 25.2 Å². The molecule has 0 bridgehead atoms. The molecule has 1 aliphatic rings. The smallest absolute Gasteiger partial charge is 0.408 e. The van der Waals surface area contributed by atoms with Gasteiger partial charge in [-0.1, -0.05) is 6.07 Å². The summed E-state index contributed by atoms with van der Waals surface area (Å²) in [6, 6.07) is 5.79.